The van der Waals surface area contributed by atoms with Crippen molar-refractivity contribution in [2.75, 3.05) is 11.5 Å². The Morgan fingerprint density at radius 1 is 0.682 bits per heavy atom. The van der Waals surface area contributed by atoms with Crippen LogP contribution in [-0.4, -0.2) is 33.9 Å². The van der Waals surface area contributed by atoms with Gasteiger partial charge in [0.05, 0.1) is 12.2 Å². The summed E-state index contributed by atoms with van der Waals surface area (Å²) >= 11 is 3.33. The van der Waals surface area contributed by atoms with Crippen molar-refractivity contribution < 1.29 is 10.2 Å². The Balaban J connectivity index is 1.99. The second-order valence-electron chi connectivity index (χ2n) is 5.37. The van der Waals surface area contributed by atoms with Crippen molar-refractivity contribution in [3.8, 4) is 11.1 Å². The molecule has 2 atom stereocenters. The smallest absolute Gasteiger partial charge is 0.0606 e. The molecule has 2 nitrogen and oxygen atoms in total. The average Bonchev–Trinajstić information content (AvgIpc) is 2.52. The third kappa shape index (κ3) is 5.69. The zero-order valence-corrected chi connectivity index (χ0v) is 14.5. The van der Waals surface area contributed by atoms with E-state index in [4.69, 9.17) is 0 Å². The van der Waals surface area contributed by atoms with Gasteiger partial charge in [0.25, 0.3) is 0 Å². The van der Waals surface area contributed by atoms with E-state index in [0.29, 0.717) is 11.5 Å². The van der Waals surface area contributed by atoms with Gasteiger partial charge in [-0.2, -0.15) is 0 Å². The second-order valence-corrected chi connectivity index (χ2v) is 7.56. The molecule has 0 aliphatic rings. The Kier molecular flexibility index (Phi) is 6.83. The summed E-state index contributed by atoms with van der Waals surface area (Å²) in [4.78, 5) is 2.35. The van der Waals surface area contributed by atoms with Gasteiger partial charge in [0.1, 0.15) is 0 Å². The zero-order valence-electron chi connectivity index (χ0n) is 12.9. The first kappa shape index (κ1) is 17.4. The predicted molar refractivity (Wildman–Crippen MR) is 96.7 cm³/mol. The van der Waals surface area contributed by atoms with Crippen LogP contribution in [-0.2, 0) is 0 Å². The molecule has 0 bridgehead atoms. The molecule has 0 fully saturated rings. The van der Waals surface area contributed by atoms with Crippen LogP contribution in [0.25, 0.3) is 11.1 Å². The maximum absolute atomic E-state index is 9.31. The fourth-order valence-electron chi connectivity index (χ4n) is 1.92. The minimum Gasteiger partial charge on any atom is -0.393 e. The van der Waals surface area contributed by atoms with Crippen LogP contribution in [0.5, 0.6) is 0 Å². The lowest BCUT2D eigenvalue weighted by atomic mass is 10.1. The van der Waals surface area contributed by atoms with Crippen LogP contribution in [0.2, 0.25) is 0 Å². The maximum atomic E-state index is 9.31. The summed E-state index contributed by atoms with van der Waals surface area (Å²) in [6.45, 7) is 3.61. The molecule has 2 aromatic carbocycles. The predicted octanol–water partition coefficient (Wildman–Crippen LogP) is 4.30. The van der Waals surface area contributed by atoms with E-state index in [1.165, 1.54) is 20.9 Å². The van der Waals surface area contributed by atoms with E-state index >= 15 is 0 Å². The van der Waals surface area contributed by atoms with E-state index in [1.54, 1.807) is 37.4 Å². The molecular formula is C18H22O2S2. The highest BCUT2D eigenvalue weighted by atomic mass is 32.2. The van der Waals surface area contributed by atoms with Crippen molar-refractivity contribution in [1.82, 2.24) is 0 Å². The van der Waals surface area contributed by atoms with E-state index in [-0.39, 0.29) is 12.2 Å². The first-order valence-corrected chi connectivity index (χ1v) is 9.34. The Morgan fingerprint density at radius 2 is 1.00 bits per heavy atom. The Morgan fingerprint density at radius 3 is 1.27 bits per heavy atom. The van der Waals surface area contributed by atoms with Crippen molar-refractivity contribution in [2.24, 2.45) is 0 Å². The fourth-order valence-corrected chi connectivity index (χ4v) is 3.45. The number of benzene rings is 2. The van der Waals surface area contributed by atoms with E-state index in [9.17, 15) is 10.2 Å². The summed E-state index contributed by atoms with van der Waals surface area (Å²) in [5, 5.41) is 18.6. The largest absolute Gasteiger partial charge is 0.393 e. The lowest BCUT2D eigenvalue weighted by Crippen LogP contribution is -2.02. The van der Waals surface area contributed by atoms with Crippen molar-refractivity contribution in [2.45, 2.75) is 35.8 Å². The molecule has 22 heavy (non-hydrogen) atoms. The standard InChI is InChI=1S/C18H22O2S2/c1-13(19)11-21-17-7-3-15(4-8-17)16-5-9-18(10-6-16)22-12-14(2)20/h3-10,13-14,19-20H,11-12H2,1-2H3. The third-order valence-corrected chi connectivity index (χ3v) is 5.53. The number of thioether (sulfide) groups is 2. The highest BCUT2D eigenvalue weighted by Gasteiger charge is 2.02. The summed E-state index contributed by atoms with van der Waals surface area (Å²) in [6, 6.07) is 16.8. The van der Waals surface area contributed by atoms with E-state index < -0.39 is 0 Å². The van der Waals surface area contributed by atoms with E-state index in [2.05, 4.69) is 48.5 Å². The molecule has 2 rings (SSSR count). The van der Waals surface area contributed by atoms with Gasteiger partial charge in [-0.1, -0.05) is 24.3 Å². The molecule has 0 aliphatic heterocycles. The highest BCUT2D eigenvalue weighted by Crippen LogP contribution is 2.27. The topological polar surface area (TPSA) is 40.5 Å². The third-order valence-electron chi connectivity index (χ3n) is 3.02. The maximum Gasteiger partial charge on any atom is 0.0606 e. The molecule has 0 amide bonds. The lowest BCUT2D eigenvalue weighted by molar-refractivity contribution is 0.220. The molecule has 0 saturated carbocycles. The van der Waals surface area contributed by atoms with E-state index in [1.807, 2.05) is 0 Å². The van der Waals surface area contributed by atoms with Crippen molar-refractivity contribution in [3.05, 3.63) is 48.5 Å². The summed E-state index contributed by atoms with van der Waals surface area (Å²) < 4.78 is 0. The van der Waals surface area contributed by atoms with Crippen molar-refractivity contribution in [1.29, 1.82) is 0 Å². The highest BCUT2D eigenvalue weighted by molar-refractivity contribution is 7.99. The van der Waals surface area contributed by atoms with Gasteiger partial charge in [-0.15, -0.1) is 23.5 Å². The van der Waals surface area contributed by atoms with Crippen LogP contribution < -0.4 is 0 Å². The molecule has 0 aromatic heterocycles. The van der Waals surface area contributed by atoms with Crippen LogP contribution in [0.3, 0.4) is 0 Å². The van der Waals surface area contributed by atoms with Crippen LogP contribution in [0.4, 0.5) is 0 Å². The minimum atomic E-state index is -0.281. The summed E-state index contributed by atoms with van der Waals surface area (Å²) in [7, 11) is 0. The van der Waals surface area contributed by atoms with Gasteiger partial charge in [0, 0.05) is 21.3 Å². The molecule has 0 radical (unpaired) electrons. The molecule has 4 heteroatoms. The molecule has 0 spiro atoms. The second kappa shape index (κ2) is 8.63. The molecule has 118 valence electrons. The van der Waals surface area contributed by atoms with Gasteiger partial charge < -0.3 is 10.2 Å². The molecule has 2 unspecified atom stereocenters. The van der Waals surface area contributed by atoms with Crippen molar-refractivity contribution in [3.63, 3.8) is 0 Å². The van der Waals surface area contributed by atoms with Gasteiger partial charge >= 0.3 is 0 Å². The number of rotatable bonds is 7. The Hall–Kier alpha value is -0.940. The zero-order chi connectivity index (χ0) is 15.9. The van der Waals surface area contributed by atoms with Crippen LogP contribution in [0.1, 0.15) is 13.8 Å². The van der Waals surface area contributed by atoms with E-state index in [0.717, 1.165) is 0 Å². The monoisotopic (exact) mass is 334 g/mol. The number of hydrogen-bond acceptors (Lipinski definition) is 4. The van der Waals surface area contributed by atoms with Crippen molar-refractivity contribution >= 4 is 23.5 Å². The summed E-state index contributed by atoms with van der Waals surface area (Å²) in [5.74, 6) is 1.43. The average molecular weight is 335 g/mol. The SMILES string of the molecule is CC(O)CSc1ccc(-c2ccc(SCC(C)O)cc2)cc1. The molecular weight excluding hydrogens is 312 g/mol. The first-order chi connectivity index (χ1) is 10.5. The fraction of sp³-hybridized carbons (Fsp3) is 0.333. The normalized spacial score (nSPS) is 13.8. The molecule has 2 aromatic rings. The molecule has 0 saturated heterocycles. The number of hydrogen-bond donors (Lipinski definition) is 2. The number of aliphatic hydroxyl groups is 2. The molecule has 0 aliphatic carbocycles. The van der Waals surface area contributed by atoms with Crippen LogP contribution >= 0.6 is 23.5 Å². The molecule has 0 heterocycles. The Labute approximate surface area is 141 Å². The first-order valence-electron chi connectivity index (χ1n) is 7.37. The number of aliphatic hydroxyl groups excluding tert-OH is 2. The quantitative estimate of drug-likeness (QED) is 0.741. The van der Waals surface area contributed by atoms with Gasteiger partial charge in [-0.3, -0.25) is 0 Å². The van der Waals surface area contributed by atoms with Gasteiger partial charge in [-0.25, -0.2) is 0 Å². The molecule has 2 N–H and O–H groups in total. The summed E-state index contributed by atoms with van der Waals surface area (Å²) in [6.07, 6.45) is -0.562. The van der Waals surface area contributed by atoms with Gasteiger partial charge in [0.2, 0.25) is 0 Å². The minimum absolute atomic E-state index is 0.281. The summed E-state index contributed by atoms with van der Waals surface area (Å²) in [5.41, 5.74) is 2.38. The Bertz CT molecular complexity index is 509. The van der Waals surface area contributed by atoms with Gasteiger partial charge in [-0.05, 0) is 49.2 Å². The lowest BCUT2D eigenvalue weighted by Gasteiger charge is -2.07. The van der Waals surface area contributed by atoms with Crippen LogP contribution in [0, 0.1) is 0 Å². The van der Waals surface area contributed by atoms with Crippen LogP contribution in [0.15, 0.2) is 58.3 Å². The van der Waals surface area contributed by atoms with Gasteiger partial charge in [0.15, 0.2) is 0 Å².